The molecule has 0 heterocycles. The quantitative estimate of drug-likeness (QED) is 0.868. The first-order valence-corrected chi connectivity index (χ1v) is 7.25. The molecule has 0 spiro atoms. The Labute approximate surface area is 109 Å². The van der Waals surface area contributed by atoms with E-state index in [9.17, 15) is 0 Å². The van der Waals surface area contributed by atoms with Crippen LogP contribution in [0.5, 0.6) is 5.75 Å². The Morgan fingerprint density at radius 3 is 2.53 bits per heavy atom. The van der Waals surface area contributed by atoms with E-state index in [0.717, 1.165) is 18.0 Å². The lowest BCUT2D eigenvalue weighted by Gasteiger charge is -2.21. The van der Waals surface area contributed by atoms with Gasteiger partial charge in [-0.2, -0.15) is 11.8 Å². The van der Waals surface area contributed by atoms with E-state index in [4.69, 9.17) is 4.74 Å². The Hall–Kier alpha value is -0.670. The highest BCUT2D eigenvalue weighted by molar-refractivity contribution is 7.97. The van der Waals surface area contributed by atoms with Gasteiger partial charge in [0.1, 0.15) is 5.75 Å². The van der Waals surface area contributed by atoms with Crippen molar-refractivity contribution >= 4 is 11.8 Å². The number of thioether (sulfide) groups is 1. The fourth-order valence-corrected chi connectivity index (χ4v) is 2.11. The van der Waals surface area contributed by atoms with E-state index in [1.54, 1.807) is 7.11 Å². The molecule has 0 atom stereocenters. The first kappa shape index (κ1) is 14.4. The molecular formula is C14H23NOS. The SMILES string of the molecule is COc1ccc(CNC(C)(C)C)cc1CSC. The van der Waals surface area contributed by atoms with Gasteiger partial charge in [-0.25, -0.2) is 0 Å². The van der Waals surface area contributed by atoms with Crippen molar-refractivity contribution in [2.75, 3.05) is 13.4 Å². The molecule has 0 aliphatic carbocycles. The van der Waals surface area contributed by atoms with Gasteiger partial charge >= 0.3 is 0 Å². The number of hydrogen-bond acceptors (Lipinski definition) is 3. The molecular weight excluding hydrogens is 230 g/mol. The number of benzene rings is 1. The minimum absolute atomic E-state index is 0.152. The molecule has 0 saturated carbocycles. The van der Waals surface area contributed by atoms with Crippen molar-refractivity contribution in [3.63, 3.8) is 0 Å². The van der Waals surface area contributed by atoms with Gasteiger partial charge in [-0.3, -0.25) is 0 Å². The van der Waals surface area contributed by atoms with Crippen LogP contribution < -0.4 is 10.1 Å². The first-order chi connectivity index (χ1) is 7.96. The van der Waals surface area contributed by atoms with Crippen LogP contribution in [0, 0.1) is 0 Å². The van der Waals surface area contributed by atoms with Gasteiger partial charge in [0, 0.05) is 23.4 Å². The second-order valence-corrected chi connectivity index (χ2v) is 6.05. The van der Waals surface area contributed by atoms with Gasteiger partial charge in [-0.05, 0) is 44.7 Å². The van der Waals surface area contributed by atoms with Crippen LogP contribution in [0.25, 0.3) is 0 Å². The van der Waals surface area contributed by atoms with Crippen molar-refractivity contribution in [1.82, 2.24) is 5.32 Å². The van der Waals surface area contributed by atoms with Crippen LogP contribution in [0.3, 0.4) is 0 Å². The standard InChI is InChI=1S/C14H23NOS/c1-14(2,3)15-9-11-6-7-13(16-4)12(8-11)10-17-5/h6-8,15H,9-10H2,1-5H3. The molecule has 1 N–H and O–H groups in total. The number of hydrogen-bond donors (Lipinski definition) is 1. The Balaban J connectivity index is 2.77. The summed E-state index contributed by atoms with van der Waals surface area (Å²) in [5.41, 5.74) is 2.73. The minimum Gasteiger partial charge on any atom is -0.496 e. The summed E-state index contributed by atoms with van der Waals surface area (Å²) in [5.74, 6) is 1.98. The first-order valence-electron chi connectivity index (χ1n) is 5.86. The zero-order valence-electron chi connectivity index (χ0n) is 11.5. The minimum atomic E-state index is 0.152. The van der Waals surface area contributed by atoms with E-state index in [-0.39, 0.29) is 5.54 Å². The molecule has 0 aliphatic rings. The van der Waals surface area contributed by atoms with Crippen LogP contribution in [-0.4, -0.2) is 18.9 Å². The van der Waals surface area contributed by atoms with Crippen molar-refractivity contribution < 1.29 is 4.74 Å². The molecule has 2 nitrogen and oxygen atoms in total. The summed E-state index contributed by atoms with van der Waals surface area (Å²) in [6, 6.07) is 6.42. The van der Waals surface area contributed by atoms with Gasteiger partial charge in [-0.15, -0.1) is 0 Å². The average molecular weight is 253 g/mol. The fraction of sp³-hybridized carbons (Fsp3) is 0.571. The Kier molecular flexibility index (Phi) is 5.34. The summed E-state index contributed by atoms with van der Waals surface area (Å²) in [5, 5.41) is 3.50. The molecule has 17 heavy (non-hydrogen) atoms. The van der Waals surface area contributed by atoms with Crippen LogP contribution in [0.15, 0.2) is 18.2 Å². The van der Waals surface area contributed by atoms with Gasteiger partial charge < -0.3 is 10.1 Å². The highest BCUT2D eigenvalue weighted by atomic mass is 32.2. The smallest absolute Gasteiger partial charge is 0.122 e. The summed E-state index contributed by atoms with van der Waals surface area (Å²) in [6.45, 7) is 7.44. The molecule has 1 rings (SSSR count). The van der Waals surface area contributed by atoms with Crippen molar-refractivity contribution in [2.45, 2.75) is 38.6 Å². The van der Waals surface area contributed by atoms with Crippen molar-refractivity contribution in [2.24, 2.45) is 0 Å². The van der Waals surface area contributed by atoms with E-state index < -0.39 is 0 Å². The summed E-state index contributed by atoms with van der Waals surface area (Å²) in [6.07, 6.45) is 2.11. The summed E-state index contributed by atoms with van der Waals surface area (Å²) >= 11 is 1.82. The second kappa shape index (κ2) is 6.31. The van der Waals surface area contributed by atoms with Gasteiger partial charge in [0.25, 0.3) is 0 Å². The molecule has 0 saturated heterocycles. The van der Waals surface area contributed by atoms with Gasteiger partial charge in [-0.1, -0.05) is 6.07 Å². The van der Waals surface area contributed by atoms with Gasteiger partial charge in [0.05, 0.1) is 7.11 Å². The van der Waals surface area contributed by atoms with E-state index in [0.29, 0.717) is 0 Å². The molecule has 0 fully saturated rings. The maximum absolute atomic E-state index is 5.36. The van der Waals surface area contributed by atoms with Crippen LogP contribution in [-0.2, 0) is 12.3 Å². The molecule has 0 aliphatic heterocycles. The highest BCUT2D eigenvalue weighted by Gasteiger charge is 2.09. The van der Waals surface area contributed by atoms with Gasteiger partial charge in [0.15, 0.2) is 0 Å². The predicted octanol–water partition coefficient (Wildman–Crippen LogP) is 3.45. The summed E-state index contributed by atoms with van der Waals surface area (Å²) in [4.78, 5) is 0. The van der Waals surface area contributed by atoms with Crippen LogP contribution in [0.1, 0.15) is 31.9 Å². The zero-order valence-corrected chi connectivity index (χ0v) is 12.3. The summed E-state index contributed by atoms with van der Waals surface area (Å²) < 4.78 is 5.36. The third-order valence-corrected chi connectivity index (χ3v) is 3.07. The predicted molar refractivity (Wildman–Crippen MR) is 76.8 cm³/mol. The molecule has 0 amide bonds. The molecule has 96 valence electrons. The Bertz CT molecular complexity index is 358. The fourth-order valence-electron chi connectivity index (χ4n) is 1.58. The lowest BCUT2D eigenvalue weighted by molar-refractivity contribution is 0.409. The Morgan fingerprint density at radius 2 is 2.00 bits per heavy atom. The zero-order chi connectivity index (χ0) is 12.9. The lowest BCUT2D eigenvalue weighted by atomic mass is 10.1. The topological polar surface area (TPSA) is 21.3 Å². The summed E-state index contributed by atoms with van der Waals surface area (Å²) in [7, 11) is 1.73. The molecule has 0 unspecified atom stereocenters. The Morgan fingerprint density at radius 1 is 1.29 bits per heavy atom. The normalized spacial score (nSPS) is 11.6. The van der Waals surface area contributed by atoms with Crippen molar-refractivity contribution in [3.05, 3.63) is 29.3 Å². The third-order valence-electron chi connectivity index (χ3n) is 2.47. The number of ether oxygens (including phenoxy) is 1. The lowest BCUT2D eigenvalue weighted by Crippen LogP contribution is -2.35. The second-order valence-electron chi connectivity index (χ2n) is 5.18. The van der Waals surface area contributed by atoms with Crippen LogP contribution in [0.4, 0.5) is 0 Å². The number of rotatable bonds is 5. The van der Waals surface area contributed by atoms with Crippen molar-refractivity contribution in [3.8, 4) is 5.75 Å². The molecule has 1 aromatic rings. The van der Waals surface area contributed by atoms with E-state index in [1.807, 2.05) is 11.8 Å². The molecule has 0 bridgehead atoms. The van der Waals surface area contributed by atoms with Gasteiger partial charge in [0.2, 0.25) is 0 Å². The molecule has 1 aromatic carbocycles. The van der Waals surface area contributed by atoms with E-state index >= 15 is 0 Å². The number of methoxy groups -OCH3 is 1. The molecule has 0 aromatic heterocycles. The van der Waals surface area contributed by atoms with Crippen molar-refractivity contribution in [1.29, 1.82) is 0 Å². The maximum Gasteiger partial charge on any atom is 0.122 e. The third kappa shape index (κ3) is 5.00. The van der Waals surface area contributed by atoms with E-state index in [2.05, 4.69) is 50.5 Å². The highest BCUT2D eigenvalue weighted by Crippen LogP contribution is 2.23. The maximum atomic E-state index is 5.36. The number of nitrogens with one attached hydrogen (secondary N) is 1. The van der Waals surface area contributed by atoms with Crippen LogP contribution >= 0.6 is 11.8 Å². The largest absolute Gasteiger partial charge is 0.496 e. The molecule has 0 radical (unpaired) electrons. The van der Waals surface area contributed by atoms with E-state index in [1.165, 1.54) is 11.1 Å². The molecule has 3 heteroatoms. The van der Waals surface area contributed by atoms with Crippen LogP contribution in [0.2, 0.25) is 0 Å². The average Bonchev–Trinajstić information content (AvgIpc) is 2.26. The monoisotopic (exact) mass is 253 g/mol.